The summed E-state index contributed by atoms with van der Waals surface area (Å²) in [6.07, 6.45) is 9.19. The summed E-state index contributed by atoms with van der Waals surface area (Å²) in [5.74, 6) is 2.40. The van der Waals surface area contributed by atoms with Crippen molar-refractivity contribution < 1.29 is 4.79 Å². The molecule has 0 saturated carbocycles. The first-order valence-corrected chi connectivity index (χ1v) is 11.7. The van der Waals surface area contributed by atoms with Crippen LogP contribution in [0.4, 0.5) is 11.5 Å². The minimum atomic E-state index is 0.232. The average molecular weight is 406 g/mol. The Hall–Kier alpha value is -1.47. The molecule has 156 valence electrons. The quantitative estimate of drug-likeness (QED) is 0.680. The standard InChI is InChI=1S/C21H35N5OS/c1-22-19-13-18(28-3)15-24-21(19)26-10-6-16(7-11-26)12-20(27)23-14-17-4-8-25(2)9-5-17/h13,15-17,22H,4-12,14H2,1-3H3,(H,23,27). The molecule has 2 saturated heterocycles. The first kappa shape index (κ1) is 21.2. The van der Waals surface area contributed by atoms with Crippen LogP contribution in [0.2, 0.25) is 0 Å². The molecule has 0 radical (unpaired) electrons. The Balaban J connectivity index is 1.42. The predicted octanol–water partition coefficient (Wildman–Crippen LogP) is 2.91. The van der Waals surface area contributed by atoms with Crippen LogP contribution in [0.25, 0.3) is 0 Å². The van der Waals surface area contributed by atoms with Crippen LogP contribution in [0.3, 0.4) is 0 Å². The first-order valence-electron chi connectivity index (χ1n) is 10.5. The van der Waals surface area contributed by atoms with E-state index in [9.17, 15) is 4.79 Å². The van der Waals surface area contributed by atoms with Gasteiger partial charge in [-0.05, 0) is 70.0 Å². The van der Waals surface area contributed by atoms with E-state index in [-0.39, 0.29) is 5.91 Å². The lowest BCUT2D eigenvalue weighted by Crippen LogP contribution is -2.39. The number of anilines is 2. The number of amides is 1. The molecule has 7 heteroatoms. The molecule has 3 heterocycles. The molecule has 2 fully saturated rings. The van der Waals surface area contributed by atoms with E-state index in [2.05, 4.69) is 44.8 Å². The van der Waals surface area contributed by atoms with Crippen LogP contribution < -0.4 is 15.5 Å². The van der Waals surface area contributed by atoms with Gasteiger partial charge in [0.1, 0.15) is 0 Å². The Morgan fingerprint density at radius 1 is 1.18 bits per heavy atom. The lowest BCUT2D eigenvalue weighted by atomic mass is 9.92. The van der Waals surface area contributed by atoms with E-state index in [0.29, 0.717) is 18.3 Å². The number of thioether (sulfide) groups is 1. The minimum absolute atomic E-state index is 0.232. The van der Waals surface area contributed by atoms with E-state index in [0.717, 1.165) is 57.1 Å². The number of carbonyl (C=O) groups is 1. The van der Waals surface area contributed by atoms with Crippen molar-refractivity contribution in [3.8, 4) is 0 Å². The fraction of sp³-hybridized carbons (Fsp3) is 0.714. The van der Waals surface area contributed by atoms with Crippen LogP contribution in [0.15, 0.2) is 17.2 Å². The number of piperidine rings is 2. The van der Waals surface area contributed by atoms with Gasteiger partial charge in [0.2, 0.25) is 5.91 Å². The van der Waals surface area contributed by atoms with Crippen molar-refractivity contribution in [3.63, 3.8) is 0 Å². The summed E-state index contributed by atoms with van der Waals surface area (Å²) >= 11 is 1.71. The molecule has 2 aliphatic rings. The smallest absolute Gasteiger partial charge is 0.220 e. The van der Waals surface area contributed by atoms with Crippen molar-refractivity contribution in [1.82, 2.24) is 15.2 Å². The molecule has 2 N–H and O–H groups in total. The molecule has 2 aliphatic heterocycles. The zero-order chi connectivity index (χ0) is 19.9. The molecule has 1 aromatic heterocycles. The Morgan fingerprint density at radius 2 is 1.86 bits per heavy atom. The summed E-state index contributed by atoms with van der Waals surface area (Å²) in [6.45, 7) is 5.09. The Kier molecular flexibility index (Phi) is 7.85. The van der Waals surface area contributed by atoms with Crippen molar-refractivity contribution in [3.05, 3.63) is 12.3 Å². The normalized spacial score (nSPS) is 19.6. The maximum atomic E-state index is 12.4. The molecule has 1 amide bonds. The maximum Gasteiger partial charge on any atom is 0.220 e. The second kappa shape index (κ2) is 10.3. The van der Waals surface area contributed by atoms with Gasteiger partial charge in [-0.3, -0.25) is 4.79 Å². The third-order valence-corrected chi connectivity index (χ3v) is 6.86. The van der Waals surface area contributed by atoms with Crippen molar-refractivity contribution in [2.45, 2.75) is 37.0 Å². The average Bonchev–Trinajstić information content (AvgIpc) is 2.73. The summed E-state index contributed by atoms with van der Waals surface area (Å²) in [5, 5.41) is 6.47. The van der Waals surface area contributed by atoms with E-state index < -0.39 is 0 Å². The third-order valence-electron chi connectivity index (χ3n) is 6.16. The van der Waals surface area contributed by atoms with Crippen molar-refractivity contribution in [1.29, 1.82) is 0 Å². The molecule has 0 aromatic carbocycles. The summed E-state index contributed by atoms with van der Waals surface area (Å²) in [5.41, 5.74) is 1.08. The van der Waals surface area contributed by atoms with Gasteiger partial charge in [-0.2, -0.15) is 0 Å². The molecule has 0 unspecified atom stereocenters. The van der Waals surface area contributed by atoms with Crippen LogP contribution in [0.1, 0.15) is 32.1 Å². The van der Waals surface area contributed by atoms with Crippen LogP contribution in [0.5, 0.6) is 0 Å². The van der Waals surface area contributed by atoms with Crippen LogP contribution in [0, 0.1) is 11.8 Å². The van der Waals surface area contributed by atoms with E-state index in [1.807, 2.05) is 13.2 Å². The fourth-order valence-electron chi connectivity index (χ4n) is 4.19. The van der Waals surface area contributed by atoms with Crippen molar-refractivity contribution in [2.24, 2.45) is 11.8 Å². The van der Waals surface area contributed by atoms with Gasteiger partial charge in [0, 0.05) is 44.2 Å². The maximum absolute atomic E-state index is 12.4. The summed E-state index contributed by atoms with van der Waals surface area (Å²) in [6, 6.07) is 2.16. The number of hydrogen-bond donors (Lipinski definition) is 2. The number of nitrogens with one attached hydrogen (secondary N) is 2. The Morgan fingerprint density at radius 3 is 2.50 bits per heavy atom. The van der Waals surface area contributed by atoms with E-state index in [1.165, 1.54) is 17.7 Å². The third kappa shape index (κ3) is 5.77. The van der Waals surface area contributed by atoms with Crippen LogP contribution >= 0.6 is 11.8 Å². The summed E-state index contributed by atoms with van der Waals surface area (Å²) < 4.78 is 0. The first-order chi connectivity index (χ1) is 13.6. The number of likely N-dealkylation sites (tertiary alicyclic amines) is 1. The van der Waals surface area contributed by atoms with Crippen LogP contribution in [-0.2, 0) is 4.79 Å². The zero-order valence-electron chi connectivity index (χ0n) is 17.5. The Bertz CT molecular complexity index is 640. The largest absolute Gasteiger partial charge is 0.385 e. The van der Waals surface area contributed by atoms with Gasteiger partial charge in [0.05, 0.1) is 5.69 Å². The number of rotatable bonds is 7. The summed E-state index contributed by atoms with van der Waals surface area (Å²) in [4.78, 5) is 22.9. The number of carbonyl (C=O) groups excluding carboxylic acids is 1. The number of aromatic nitrogens is 1. The number of hydrogen-bond acceptors (Lipinski definition) is 6. The van der Waals surface area contributed by atoms with E-state index >= 15 is 0 Å². The fourth-order valence-corrected chi connectivity index (χ4v) is 4.59. The second-order valence-electron chi connectivity index (χ2n) is 8.18. The molecule has 3 rings (SSSR count). The van der Waals surface area contributed by atoms with Gasteiger partial charge in [-0.15, -0.1) is 11.8 Å². The molecule has 6 nitrogen and oxygen atoms in total. The highest BCUT2D eigenvalue weighted by molar-refractivity contribution is 7.98. The highest BCUT2D eigenvalue weighted by Crippen LogP contribution is 2.31. The minimum Gasteiger partial charge on any atom is -0.385 e. The zero-order valence-corrected chi connectivity index (χ0v) is 18.4. The lowest BCUT2D eigenvalue weighted by Gasteiger charge is -2.34. The van der Waals surface area contributed by atoms with Gasteiger partial charge < -0.3 is 20.4 Å². The molecule has 0 bridgehead atoms. The topological polar surface area (TPSA) is 60.5 Å². The highest BCUT2D eigenvalue weighted by atomic mass is 32.2. The SMILES string of the molecule is CNc1cc(SC)cnc1N1CCC(CC(=O)NCC2CCN(C)CC2)CC1. The predicted molar refractivity (Wildman–Crippen MR) is 118 cm³/mol. The van der Waals surface area contributed by atoms with Gasteiger partial charge >= 0.3 is 0 Å². The second-order valence-corrected chi connectivity index (χ2v) is 9.06. The molecule has 0 spiro atoms. The molecule has 0 aliphatic carbocycles. The lowest BCUT2D eigenvalue weighted by molar-refractivity contribution is -0.122. The molecular formula is C21H35N5OS. The monoisotopic (exact) mass is 405 g/mol. The van der Waals surface area contributed by atoms with E-state index in [4.69, 9.17) is 0 Å². The van der Waals surface area contributed by atoms with Gasteiger partial charge in [0.15, 0.2) is 5.82 Å². The highest BCUT2D eigenvalue weighted by Gasteiger charge is 2.24. The van der Waals surface area contributed by atoms with Crippen molar-refractivity contribution in [2.75, 3.05) is 63.3 Å². The number of nitrogens with zero attached hydrogens (tertiary/aromatic N) is 3. The van der Waals surface area contributed by atoms with Gasteiger partial charge in [0.25, 0.3) is 0 Å². The van der Waals surface area contributed by atoms with E-state index in [1.54, 1.807) is 11.8 Å². The van der Waals surface area contributed by atoms with Gasteiger partial charge in [-0.25, -0.2) is 4.98 Å². The molecular weight excluding hydrogens is 370 g/mol. The molecule has 28 heavy (non-hydrogen) atoms. The van der Waals surface area contributed by atoms with Gasteiger partial charge in [-0.1, -0.05) is 0 Å². The summed E-state index contributed by atoms with van der Waals surface area (Å²) in [7, 11) is 4.12. The Labute approximate surface area is 173 Å². The molecule has 1 aromatic rings. The van der Waals surface area contributed by atoms with Crippen LogP contribution in [-0.4, -0.2) is 68.9 Å². The molecule has 0 atom stereocenters. The van der Waals surface area contributed by atoms with Crippen molar-refractivity contribution >= 4 is 29.2 Å². The number of pyridine rings is 1.